The van der Waals surface area contributed by atoms with Gasteiger partial charge in [0, 0.05) is 24.5 Å². The molecule has 1 aromatic rings. The van der Waals surface area contributed by atoms with Crippen molar-refractivity contribution in [3.05, 3.63) is 29.6 Å². The summed E-state index contributed by atoms with van der Waals surface area (Å²) in [4.78, 5) is 27.9. The van der Waals surface area contributed by atoms with Gasteiger partial charge >= 0.3 is 0 Å². The van der Waals surface area contributed by atoms with Gasteiger partial charge < -0.3 is 10.6 Å². The van der Waals surface area contributed by atoms with Gasteiger partial charge in [-0.05, 0) is 32.8 Å². The molecule has 0 aliphatic heterocycles. The quantitative estimate of drug-likeness (QED) is 0.837. The molecule has 1 rings (SSSR count). The van der Waals surface area contributed by atoms with E-state index in [1.807, 2.05) is 27.7 Å². The van der Waals surface area contributed by atoms with Crippen LogP contribution in [-0.2, 0) is 0 Å². The van der Waals surface area contributed by atoms with Crippen LogP contribution < -0.4 is 10.6 Å². The second-order valence-electron chi connectivity index (χ2n) is 5.03. The number of carbonyl (C=O) groups is 2. The van der Waals surface area contributed by atoms with Gasteiger partial charge in [-0.15, -0.1) is 0 Å². The van der Waals surface area contributed by atoms with Gasteiger partial charge in [-0.3, -0.25) is 14.6 Å². The zero-order valence-electron chi connectivity index (χ0n) is 12.6. The first-order valence-electron chi connectivity index (χ1n) is 7.04. The minimum atomic E-state index is -0.204. The van der Waals surface area contributed by atoms with Crippen LogP contribution in [0.25, 0.3) is 0 Å². The Bertz CT molecular complexity index is 435. The van der Waals surface area contributed by atoms with Crippen LogP contribution in [0, 0.1) is 0 Å². The minimum Gasteiger partial charge on any atom is -0.350 e. The van der Waals surface area contributed by atoms with Crippen molar-refractivity contribution in [3.63, 3.8) is 0 Å². The van der Waals surface area contributed by atoms with Gasteiger partial charge in [0.25, 0.3) is 11.8 Å². The number of pyridine rings is 1. The average Bonchev–Trinajstić information content (AvgIpc) is 2.46. The molecule has 0 spiro atoms. The lowest BCUT2D eigenvalue weighted by atomic mass is 10.1. The van der Waals surface area contributed by atoms with Crippen LogP contribution in [0.2, 0.25) is 0 Å². The van der Waals surface area contributed by atoms with Gasteiger partial charge in [-0.1, -0.05) is 13.8 Å². The number of nitrogens with zero attached hydrogens (tertiary/aromatic N) is 1. The first kappa shape index (κ1) is 16.1. The Morgan fingerprint density at radius 2 is 1.40 bits per heavy atom. The van der Waals surface area contributed by atoms with E-state index in [0.29, 0.717) is 11.1 Å². The third-order valence-corrected chi connectivity index (χ3v) is 3.24. The third kappa shape index (κ3) is 4.64. The maximum Gasteiger partial charge on any atom is 0.253 e. The van der Waals surface area contributed by atoms with Crippen molar-refractivity contribution < 1.29 is 9.59 Å². The van der Waals surface area contributed by atoms with Crippen LogP contribution >= 0.6 is 0 Å². The minimum absolute atomic E-state index is 0.0973. The smallest absolute Gasteiger partial charge is 0.253 e. The molecule has 0 aromatic carbocycles. The molecule has 110 valence electrons. The van der Waals surface area contributed by atoms with Gasteiger partial charge in [-0.25, -0.2) is 0 Å². The molecule has 20 heavy (non-hydrogen) atoms. The molecule has 2 atom stereocenters. The number of aromatic nitrogens is 1. The van der Waals surface area contributed by atoms with Gasteiger partial charge in [-0.2, -0.15) is 0 Å². The largest absolute Gasteiger partial charge is 0.350 e. The van der Waals surface area contributed by atoms with E-state index in [9.17, 15) is 9.59 Å². The van der Waals surface area contributed by atoms with Crippen molar-refractivity contribution >= 4 is 11.8 Å². The van der Waals surface area contributed by atoms with Crippen LogP contribution in [0.4, 0.5) is 0 Å². The molecule has 2 N–H and O–H groups in total. The third-order valence-electron chi connectivity index (χ3n) is 3.24. The van der Waals surface area contributed by atoms with E-state index < -0.39 is 0 Å². The zero-order valence-corrected chi connectivity index (χ0v) is 12.6. The summed E-state index contributed by atoms with van der Waals surface area (Å²) in [5.41, 5.74) is 0.809. The Hall–Kier alpha value is -1.91. The topological polar surface area (TPSA) is 71.1 Å². The lowest BCUT2D eigenvalue weighted by Crippen LogP contribution is -2.33. The fraction of sp³-hybridized carbons (Fsp3) is 0.533. The summed E-state index contributed by atoms with van der Waals surface area (Å²) in [5.74, 6) is -0.407. The Morgan fingerprint density at radius 1 is 1.00 bits per heavy atom. The van der Waals surface area contributed by atoms with E-state index >= 15 is 0 Å². The average molecular weight is 277 g/mol. The van der Waals surface area contributed by atoms with Crippen LogP contribution in [0.15, 0.2) is 18.5 Å². The first-order chi connectivity index (χ1) is 9.47. The summed E-state index contributed by atoms with van der Waals surface area (Å²) < 4.78 is 0. The second-order valence-corrected chi connectivity index (χ2v) is 5.03. The Balaban J connectivity index is 2.80. The number of hydrogen-bond donors (Lipinski definition) is 2. The van der Waals surface area contributed by atoms with E-state index in [0.717, 1.165) is 12.8 Å². The fourth-order valence-corrected chi connectivity index (χ4v) is 1.51. The summed E-state index contributed by atoms with van der Waals surface area (Å²) in [7, 11) is 0. The van der Waals surface area contributed by atoms with Crippen molar-refractivity contribution in [3.8, 4) is 0 Å². The summed E-state index contributed by atoms with van der Waals surface area (Å²) >= 11 is 0. The molecule has 2 unspecified atom stereocenters. The monoisotopic (exact) mass is 277 g/mol. The summed E-state index contributed by atoms with van der Waals surface area (Å²) in [5, 5.41) is 5.71. The van der Waals surface area contributed by atoms with E-state index in [1.54, 1.807) is 6.07 Å². The molecular formula is C15H23N3O2. The molecule has 1 aromatic heterocycles. The molecule has 5 nitrogen and oxygen atoms in total. The lowest BCUT2D eigenvalue weighted by Gasteiger charge is -2.13. The molecule has 0 aliphatic rings. The molecule has 0 bridgehead atoms. The molecule has 0 radical (unpaired) electrons. The molecule has 5 heteroatoms. The van der Waals surface area contributed by atoms with Gasteiger partial charge in [0.1, 0.15) is 0 Å². The van der Waals surface area contributed by atoms with Gasteiger partial charge in [0.2, 0.25) is 0 Å². The normalized spacial score (nSPS) is 13.4. The maximum absolute atomic E-state index is 12.0. The van der Waals surface area contributed by atoms with Crippen molar-refractivity contribution in [2.45, 2.75) is 52.6 Å². The van der Waals surface area contributed by atoms with Gasteiger partial charge in [0.15, 0.2) is 0 Å². The van der Waals surface area contributed by atoms with Crippen LogP contribution in [0.3, 0.4) is 0 Å². The molecule has 1 heterocycles. The Kier molecular flexibility index (Phi) is 6.15. The van der Waals surface area contributed by atoms with Crippen LogP contribution in [-0.4, -0.2) is 28.9 Å². The Labute approximate surface area is 120 Å². The highest BCUT2D eigenvalue weighted by molar-refractivity contribution is 5.99. The highest BCUT2D eigenvalue weighted by atomic mass is 16.2. The number of rotatable bonds is 6. The fourth-order valence-electron chi connectivity index (χ4n) is 1.51. The zero-order chi connectivity index (χ0) is 15.1. The van der Waals surface area contributed by atoms with E-state index in [-0.39, 0.29) is 23.9 Å². The highest BCUT2D eigenvalue weighted by Gasteiger charge is 2.13. The van der Waals surface area contributed by atoms with Crippen molar-refractivity contribution in [2.24, 2.45) is 0 Å². The van der Waals surface area contributed by atoms with Crippen molar-refractivity contribution in [1.29, 1.82) is 0 Å². The number of nitrogens with one attached hydrogen (secondary N) is 2. The number of amides is 2. The van der Waals surface area contributed by atoms with Crippen molar-refractivity contribution in [1.82, 2.24) is 15.6 Å². The van der Waals surface area contributed by atoms with E-state index in [1.165, 1.54) is 12.4 Å². The maximum atomic E-state index is 12.0. The SMILES string of the molecule is CCC(C)NC(=O)c1cncc(C(=O)NC(C)CC)c1. The predicted octanol–water partition coefficient (Wildman–Crippen LogP) is 2.14. The lowest BCUT2D eigenvalue weighted by molar-refractivity contribution is 0.0938. The molecule has 0 aliphatic carbocycles. The second kappa shape index (κ2) is 7.62. The van der Waals surface area contributed by atoms with Crippen LogP contribution in [0.5, 0.6) is 0 Å². The highest BCUT2D eigenvalue weighted by Crippen LogP contribution is 2.05. The summed E-state index contributed by atoms with van der Waals surface area (Å²) in [6, 6.07) is 1.77. The van der Waals surface area contributed by atoms with E-state index in [4.69, 9.17) is 0 Å². The Morgan fingerprint density at radius 3 is 1.75 bits per heavy atom. The summed E-state index contributed by atoms with van der Waals surface area (Å²) in [6.07, 6.45) is 4.65. The van der Waals surface area contributed by atoms with E-state index in [2.05, 4.69) is 15.6 Å². The number of hydrogen-bond acceptors (Lipinski definition) is 3. The molecule has 0 saturated heterocycles. The van der Waals surface area contributed by atoms with Crippen molar-refractivity contribution in [2.75, 3.05) is 0 Å². The standard InChI is InChI=1S/C15H23N3O2/c1-5-10(3)17-14(19)12-7-13(9-16-8-12)15(20)18-11(4)6-2/h7-11H,5-6H2,1-4H3,(H,17,19)(H,18,20). The van der Waals surface area contributed by atoms with Gasteiger partial charge in [0.05, 0.1) is 11.1 Å². The molecule has 0 fully saturated rings. The summed E-state index contributed by atoms with van der Waals surface area (Å²) in [6.45, 7) is 7.87. The molecule has 2 amide bonds. The predicted molar refractivity (Wildman–Crippen MR) is 78.7 cm³/mol. The first-order valence-corrected chi connectivity index (χ1v) is 7.04. The molecule has 0 saturated carbocycles. The number of carbonyl (C=O) groups excluding carboxylic acids is 2. The van der Waals surface area contributed by atoms with Crippen LogP contribution in [0.1, 0.15) is 61.3 Å². The molecular weight excluding hydrogens is 254 g/mol.